The van der Waals surface area contributed by atoms with Crippen LogP contribution < -0.4 is 0 Å². The third kappa shape index (κ3) is 5.31. The average molecular weight is 255 g/mol. The van der Waals surface area contributed by atoms with Gasteiger partial charge in [0.1, 0.15) is 0 Å². The molecule has 0 saturated heterocycles. The summed E-state index contributed by atoms with van der Waals surface area (Å²) in [6.45, 7) is 13.5. The zero-order valence-corrected chi connectivity index (χ0v) is 13.8. The van der Waals surface area contributed by atoms with Crippen LogP contribution in [0.4, 0.5) is 0 Å². The lowest BCUT2D eigenvalue weighted by molar-refractivity contribution is 0.680. The molecule has 0 radical (unpaired) electrons. The number of hydrogen-bond acceptors (Lipinski definition) is 0. The highest BCUT2D eigenvalue weighted by Gasteiger charge is 2.19. The van der Waals surface area contributed by atoms with Gasteiger partial charge in [0, 0.05) is 0 Å². The van der Waals surface area contributed by atoms with E-state index >= 15 is 0 Å². The minimum absolute atomic E-state index is 0.889. The molecule has 0 spiro atoms. The van der Waals surface area contributed by atoms with Crippen LogP contribution in [0.1, 0.15) is 28.4 Å². The molecule has 0 nitrogen and oxygen atoms in total. The maximum atomic E-state index is 8.49. The van der Waals surface area contributed by atoms with Gasteiger partial charge in [-0.15, -0.1) is 0 Å². The molecule has 0 aromatic rings. The molecule has 2 heteroatoms. The van der Waals surface area contributed by atoms with E-state index < -0.39 is 16.1 Å². The highest BCUT2D eigenvalue weighted by atomic mass is 28.3. The normalized spacial score (nSPS) is 27.1. The van der Waals surface area contributed by atoms with E-state index in [-0.39, 0.29) is 0 Å². The molecule has 1 fully saturated rings. The fourth-order valence-electron chi connectivity index (χ4n) is 2.09. The Bertz CT molecular complexity index is 344. The Balaban J connectivity index is 3.33. The minimum atomic E-state index is -1.55. The van der Waals surface area contributed by atoms with Gasteiger partial charge < -0.3 is 0 Å². The second-order valence-electron chi connectivity index (χ2n) is 6.91. The van der Waals surface area contributed by atoms with Gasteiger partial charge in [0.05, 0.1) is 18.9 Å². The van der Waals surface area contributed by atoms with Crippen LogP contribution in [-0.4, -0.2) is 16.1 Å². The van der Waals surface area contributed by atoms with Gasteiger partial charge in [-0.1, -0.05) is 61.8 Å². The Morgan fingerprint density at radius 1 is 0.812 bits per heavy atom. The zero-order valence-electron chi connectivity index (χ0n) is 13.8. The summed E-state index contributed by atoms with van der Waals surface area (Å²) in [5.41, 5.74) is 4.26. The summed E-state index contributed by atoms with van der Waals surface area (Å²) in [5, 5.41) is 0. The molecule has 0 amide bonds. The van der Waals surface area contributed by atoms with E-state index in [2.05, 4.69) is 39.3 Å². The van der Waals surface area contributed by atoms with Gasteiger partial charge in [0.25, 0.3) is 0 Å². The van der Waals surface area contributed by atoms with Gasteiger partial charge in [0.2, 0.25) is 0 Å². The van der Waals surface area contributed by atoms with Crippen molar-refractivity contribution in [2.24, 2.45) is 0 Å². The first kappa shape index (κ1) is 11.0. The smallest absolute Gasteiger partial charge is 0.0690 e. The second-order valence-corrected chi connectivity index (χ2v) is 16.4. The fourth-order valence-corrected chi connectivity index (χ4v) is 4.45. The molecular formula is C14H28Si2. The second kappa shape index (κ2) is 5.05. The molecule has 0 aromatic heterocycles. The van der Waals surface area contributed by atoms with Crippen LogP contribution in [0, 0.1) is 0 Å². The van der Waals surface area contributed by atoms with E-state index in [1.165, 1.54) is 24.0 Å². The third-order valence-electron chi connectivity index (χ3n) is 2.52. The zero-order chi connectivity index (χ0) is 14.1. The summed E-state index contributed by atoms with van der Waals surface area (Å²) in [7, 11) is -3.10. The van der Waals surface area contributed by atoms with Gasteiger partial charge in [-0.2, -0.15) is 0 Å². The minimum Gasteiger partial charge on any atom is -0.0916 e. The molecule has 16 heavy (non-hydrogen) atoms. The largest absolute Gasteiger partial charge is 0.0916 e. The Labute approximate surface area is 107 Å². The first-order valence-electron chi connectivity index (χ1n) is 7.46. The molecule has 0 aromatic carbocycles. The summed E-state index contributed by atoms with van der Waals surface area (Å²) < 4.78 is 17.0. The number of hydrogen-bond donors (Lipinski definition) is 0. The highest BCUT2D eigenvalue weighted by molar-refractivity contribution is 6.82. The van der Waals surface area contributed by atoms with E-state index in [9.17, 15) is 0 Å². The third-order valence-corrected chi connectivity index (χ3v) is 4.62. The van der Waals surface area contributed by atoms with Gasteiger partial charge in [-0.05, 0) is 25.7 Å². The number of rotatable bonds is 2. The molecule has 0 aliphatic heterocycles. The van der Waals surface area contributed by atoms with Crippen LogP contribution >= 0.6 is 0 Å². The van der Waals surface area contributed by atoms with Crippen LogP contribution in [0.25, 0.3) is 0 Å². The van der Waals surface area contributed by atoms with E-state index in [4.69, 9.17) is 2.74 Å². The lowest BCUT2D eigenvalue weighted by atomic mass is 9.92. The van der Waals surface area contributed by atoms with E-state index in [0.717, 1.165) is 24.2 Å². The first-order chi connectivity index (χ1) is 8.05. The van der Waals surface area contributed by atoms with Crippen LogP contribution in [0.3, 0.4) is 0 Å². The summed E-state index contributed by atoms with van der Waals surface area (Å²) >= 11 is 0. The van der Waals surface area contributed by atoms with Crippen molar-refractivity contribution < 1.29 is 2.74 Å². The summed E-state index contributed by atoms with van der Waals surface area (Å²) in [5.74, 6) is 0. The van der Waals surface area contributed by atoms with E-state index in [1.807, 2.05) is 0 Å². The van der Waals surface area contributed by atoms with Crippen molar-refractivity contribution >= 4 is 16.1 Å². The Morgan fingerprint density at radius 3 is 1.38 bits per heavy atom. The molecule has 0 N–H and O–H groups in total. The van der Waals surface area contributed by atoms with Crippen molar-refractivity contribution in [3.8, 4) is 0 Å². The molecular weight excluding hydrogens is 224 g/mol. The molecule has 92 valence electrons. The van der Waals surface area contributed by atoms with Crippen LogP contribution in [0.5, 0.6) is 0 Å². The molecule has 0 bridgehead atoms. The fraction of sp³-hybridized carbons (Fsp3) is 0.714. The first-order valence-corrected chi connectivity index (χ1v) is 13.5. The molecule has 1 aliphatic carbocycles. The van der Waals surface area contributed by atoms with Crippen molar-refractivity contribution in [2.45, 2.75) is 65.0 Å². The average Bonchev–Trinajstić information content (AvgIpc) is 2.24. The maximum absolute atomic E-state index is 8.49. The SMILES string of the molecule is [2H]C(=C1CCCCC1=C([2H])[Si](C)(C)C)[Si](C)(C)C. The van der Waals surface area contributed by atoms with Crippen molar-refractivity contribution in [2.75, 3.05) is 0 Å². The summed E-state index contributed by atoms with van der Waals surface area (Å²) in [6, 6.07) is 0. The van der Waals surface area contributed by atoms with Gasteiger partial charge in [0.15, 0.2) is 0 Å². The van der Waals surface area contributed by atoms with E-state index in [1.54, 1.807) is 0 Å². The summed E-state index contributed by atoms with van der Waals surface area (Å²) in [6.07, 6.45) is 4.46. The number of allylic oxidation sites excluding steroid dienone is 2. The van der Waals surface area contributed by atoms with Gasteiger partial charge in [-0.25, -0.2) is 0 Å². The lowest BCUT2D eigenvalue weighted by Crippen LogP contribution is -2.21. The van der Waals surface area contributed by atoms with Crippen LogP contribution in [0.2, 0.25) is 39.3 Å². The Morgan fingerprint density at radius 2 is 1.12 bits per heavy atom. The Hall–Kier alpha value is -0.0862. The van der Waals surface area contributed by atoms with Crippen LogP contribution in [0.15, 0.2) is 22.5 Å². The molecule has 0 unspecified atom stereocenters. The molecule has 1 saturated carbocycles. The van der Waals surface area contributed by atoms with Gasteiger partial charge >= 0.3 is 0 Å². The molecule has 1 aliphatic rings. The molecule has 0 heterocycles. The molecule has 0 atom stereocenters. The van der Waals surface area contributed by atoms with Crippen molar-refractivity contribution in [3.05, 3.63) is 22.5 Å². The maximum Gasteiger partial charge on any atom is 0.0690 e. The lowest BCUT2D eigenvalue weighted by Gasteiger charge is -2.24. The van der Waals surface area contributed by atoms with Crippen molar-refractivity contribution in [3.63, 3.8) is 0 Å². The van der Waals surface area contributed by atoms with Crippen molar-refractivity contribution in [1.29, 1.82) is 0 Å². The van der Waals surface area contributed by atoms with Gasteiger partial charge in [-0.3, -0.25) is 0 Å². The topological polar surface area (TPSA) is 0 Å². The van der Waals surface area contributed by atoms with E-state index in [0.29, 0.717) is 0 Å². The summed E-state index contributed by atoms with van der Waals surface area (Å²) in [4.78, 5) is 0. The Kier molecular flexibility index (Phi) is 3.48. The predicted octanol–water partition coefficient (Wildman–Crippen LogP) is 5.17. The predicted molar refractivity (Wildman–Crippen MR) is 81.3 cm³/mol. The standard InChI is InChI=1S/C14H28Si2/c1-15(2,3)11-13-9-7-8-10-14(13)12-16(4,5)6/h11-12H,7-10H2,1-6H3/i11D,12D. The monoisotopic (exact) mass is 254 g/mol. The van der Waals surface area contributed by atoms with Crippen LogP contribution in [-0.2, 0) is 0 Å². The highest BCUT2D eigenvalue weighted by Crippen LogP contribution is 2.31. The molecule has 1 rings (SSSR count). The van der Waals surface area contributed by atoms with Crippen molar-refractivity contribution in [1.82, 2.24) is 0 Å². The quantitative estimate of drug-likeness (QED) is 0.597.